The minimum absolute atomic E-state index is 0.0643. The molecule has 2 aromatic carbocycles. The van der Waals surface area contributed by atoms with E-state index in [9.17, 15) is 14.4 Å². The Morgan fingerprint density at radius 2 is 1.44 bits per heavy atom. The Labute approximate surface area is 145 Å². The molecule has 0 heterocycles. The monoisotopic (exact) mass is 341 g/mol. The van der Waals surface area contributed by atoms with E-state index in [-0.39, 0.29) is 18.4 Å². The number of amides is 2. The van der Waals surface area contributed by atoms with Gasteiger partial charge in [-0.25, -0.2) is 4.79 Å². The summed E-state index contributed by atoms with van der Waals surface area (Å²) in [6, 6.07) is 13.2. The summed E-state index contributed by atoms with van der Waals surface area (Å²) in [6.07, 6.45) is 0. The summed E-state index contributed by atoms with van der Waals surface area (Å²) in [5.74, 6) is -0.829. The van der Waals surface area contributed by atoms with Crippen LogP contribution in [0.4, 0.5) is 11.4 Å². The molecule has 130 valence electrons. The molecule has 7 heteroatoms. The van der Waals surface area contributed by atoms with Gasteiger partial charge >= 0.3 is 5.97 Å². The van der Waals surface area contributed by atoms with Gasteiger partial charge in [0, 0.05) is 24.0 Å². The maximum absolute atomic E-state index is 12.0. The van der Waals surface area contributed by atoms with Crippen molar-refractivity contribution in [3.05, 3.63) is 59.7 Å². The third-order valence-corrected chi connectivity index (χ3v) is 3.42. The SMILES string of the molecule is CNC(=O)c1ccc(NC(=O)CNc2ccc(C(=O)OC)cc2)cc1. The molecule has 0 spiro atoms. The molecular formula is C18H19N3O4. The average Bonchev–Trinajstić information content (AvgIpc) is 2.66. The van der Waals surface area contributed by atoms with E-state index >= 15 is 0 Å². The fourth-order valence-electron chi connectivity index (χ4n) is 2.08. The van der Waals surface area contributed by atoms with Gasteiger partial charge in [-0.2, -0.15) is 0 Å². The number of esters is 1. The smallest absolute Gasteiger partial charge is 0.337 e. The van der Waals surface area contributed by atoms with Crippen molar-refractivity contribution in [1.82, 2.24) is 5.32 Å². The van der Waals surface area contributed by atoms with E-state index in [2.05, 4.69) is 20.7 Å². The van der Waals surface area contributed by atoms with Gasteiger partial charge in [0.05, 0.1) is 19.2 Å². The summed E-state index contributed by atoms with van der Waals surface area (Å²) >= 11 is 0. The third kappa shape index (κ3) is 5.07. The highest BCUT2D eigenvalue weighted by Crippen LogP contribution is 2.11. The molecule has 25 heavy (non-hydrogen) atoms. The number of nitrogens with one attached hydrogen (secondary N) is 3. The number of methoxy groups -OCH3 is 1. The molecule has 2 amide bonds. The number of hydrogen-bond donors (Lipinski definition) is 3. The molecule has 0 atom stereocenters. The summed E-state index contributed by atoms with van der Waals surface area (Å²) in [4.78, 5) is 34.8. The second-order valence-corrected chi connectivity index (χ2v) is 5.13. The van der Waals surface area contributed by atoms with Crippen molar-refractivity contribution in [3.63, 3.8) is 0 Å². The van der Waals surface area contributed by atoms with E-state index in [1.807, 2.05) is 0 Å². The second-order valence-electron chi connectivity index (χ2n) is 5.13. The van der Waals surface area contributed by atoms with Crippen LogP contribution in [0.5, 0.6) is 0 Å². The molecule has 0 aromatic heterocycles. The Hall–Kier alpha value is -3.35. The fraction of sp³-hybridized carbons (Fsp3) is 0.167. The van der Waals surface area contributed by atoms with Gasteiger partial charge in [-0.3, -0.25) is 9.59 Å². The minimum atomic E-state index is -0.413. The molecule has 0 radical (unpaired) electrons. The second kappa shape index (κ2) is 8.49. The van der Waals surface area contributed by atoms with Gasteiger partial charge in [-0.05, 0) is 48.5 Å². The summed E-state index contributed by atoms with van der Waals surface area (Å²) in [7, 11) is 2.88. The van der Waals surface area contributed by atoms with Crippen LogP contribution in [-0.4, -0.2) is 38.5 Å². The van der Waals surface area contributed by atoms with E-state index in [0.29, 0.717) is 22.5 Å². The Balaban J connectivity index is 1.86. The number of carbonyl (C=O) groups is 3. The summed E-state index contributed by atoms with van der Waals surface area (Å²) in [6.45, 7) is 0.0643. The zero-order valence-electron chi connectivity index (χ0n) is 14.0. The number of rotatable bonds is 6. The quantitative estimate of drug-likeness (QED) is 0.697. The topological polar surface area (TPSA) is 96.5 Å². The Morgan fingerprint density at radius 3 is 2.00 bits per heavy atom. The van der Waals surface area contributed by atoms with Gasteiger partial charge < -0.3 is 20.7 Å². The van der Waals surface area contributed by atoms with E-state index in [0.717, 1.165) is 0 Å². The van der Waals surface area contributed by atoms with E-state index in [4.69, 9.17) is 0 Å². The van der Waals surface area contributed by atoms with Crippen molar-refractivity contribution in [2.45, 2.75) is 0 Å². The Bertz CT molecular complexity index is 755. The molecular weight excluding hydrogens is 322 g/mol. The highest BCUT2D eigenvalue weighted by molar-refractivity contribution is 5.96. The minimum Gasteiger partial charge on any atom is -0.465 e. The first-order valence-corrected chi connectivity index (χ1v) is 7.57. The standard InChI is InChI=1S/C18H19N3O4/c1-19-17(23)12-3-9-15(10-4-12)21-16(22)11-20-14-7-5-13(6-8-14)18(24)25-2/h3-10,20H,11H2,1-2H3,(H,19,23)(H,21,22). The lowest BCUT2D eigenvalue weighted by Crippen LogP contribution is -2.22. The zero-order valence-corrected chi connectivity index (χ0v) is 14.0. The lowest BCUT2D eigenvalue weighted by Gasteiger charge is -2.09. The normalized spacial score (nSPS) is 9.84. The first-order valence-electron chi connectivity index (χ1n) is 7.57. The van der Waals surface area contributed by atoms with Crippen molar-refractivity contribution in [2.24, 2.45) is 0 Å². The molecule has 0 saturated heterocycles. The van der Waals surface area contributed by atoms with E-state index in [1.54, 1.807) is 55.6 Å². The van der Waals surface area contributed by atoms with Gasteiger partial charge in [0.15, 0.2) is 0 Å². The zero-order chi connectivity index (χ0) is 18.2. The maximum atomic E-state index is 12.0. The van der Waals surface area contributed by atoms with Gasteiger partial charge in [-0.15, -0.1) is 0 Å². The van der Waals surface area contributed by atoms with Crippen molar-refractivity contribution >= 4 is 29.2 Å². The van der Waals surface area contributed by atoms with Gasteiger partial charge in [0.2, 0.25) is 5.91 Å². The van der Waals surface area contributed by atoms with Crippen LogP contribution in [0.2, 0.25) is 0 Å². The van der Waals surface area contributed by atoms with Crippen LogP contribution in [0, 0.1) is 0 Å². The number of anilines is 2. The van der Waals surface area contributed by atoms with Crippen LogP contribution in [0.3, 0.4) is 0 Å². The van der Waals surface area contributed by atoms with Gasteiger partial charge in [0.25, 0.3) is 5.91 Å². The van der Waals surface area contributed by atoms with Crippen molar-refractivity contribution in [2.75, 3.05) is 31.3 Å². The van der Waals surface area contributed by atoms with Crippen LogP contribution >= 0.6 is 0 Å². The summed E-state index contributed by atoms with van der Waals surface area (Å²) < 4.78 is 4.62. The van der Waals surface area contributed by atoms with Crippen molar-refractivity contribution < 1.29 is 19.1 Å². The maximum Gasteiger partial charge on any atom is 0.337 e. The molecule has 0 aliphatic carbocycles. The van der Waals surface area contributed by atoms with Gasteiger partial charge in [0.1, 0.15) is 0 Å². The van der Waals surface area contributed by atoms with E-state index in [1.165, 1.54) is 7.11 Å². The Morgan fingerprint density at radius 1 is 0.880 bits per heavy atom. The third-order valence-electron chi connectivity index (χ3n) is 3.42. The number of carbonyl (C=O) groups excluding carboxylic acids is 3. The van der Waals surface area contributed by atoms with Crippen LogP contribution in [0.1, 0.15) is 20.7 Å². The highest BCUT2D eigenvalue weighted by atomic mass is 16.5. The molecule has 7 nitrogen and oxygen atoms in total. The first kappa shape index (κ1) is 18.0. The highest BCUT2D eigenvalue weighted by Gasteiger charge is 2.07. The molecule has 0 aliphatic heterocycles. The molecule has 2 rings (SSSR count). The van der Waals surface area contributed by atoms with E-state index < -0.39 is 5.97 Å². The number of hydrogen-bond acceptors (Lipinski definition) is 5. The molecule has 0 fully saturated rings. The largest absolute Gasteiger partial charge is 0.465 e. The average molecular weight is 341 g/mol. The molecule has 0 bridgehead atoms. The van der Waals surface area contributed by atoms with Crippen molar-refractivity contribution in [3.8, 4) is 0 Å². The van der Waals surface area contributed by atoms with Crippen LogP contribution in [-0.2, 0) is 9.53 Å². The molecule has 0 unspecified atom stereocenters. The van der Waals surface area contributed by atoms with Crippen LogP contribution in [0.15, 0.2) is 48.5 Å². The Kier molecular flexibility index (Phi) is 6.11. The van der Waals surface area contributed by atoms with Crippen LogP contribution in [0.25, 0.3) is 0 Å². The lowest BCUT2D eigenvalue weighted by atomic mass is 10.2. The lowest BCUT2D eigenvalue weighted by molar-refractivity contribution is -0.114. The summed E-state index contributed by atoms with van der Waals surface area (Å²) in [5, 5.41) is 8.22. The molecule has 0 aliphatic rings. The summed E-state index contributed by atoms with van der Waals surface area (Å²) in [5.41, 5.74) is 2.26. The molecule has 3 N–H and O–H groups in total. The number of ether oxygens (including phenoxy) is 1. The fourth-order valence-corrected chi connectivity index (χ4v) is 2.08. The van der Waals surface area contributed by atoms with Crippen LogP contribution < -0.4 is 16.0 Å². The van der Waals surface area contributed by atoms with Crippen molar-refractivity contribution in [1.29, 1.82) is 0 Å². The molecule has 2 aromatic rings. The van der Waals surface area contributed by atoms with Gasteiger partial charge in [-0.1, -0.05) is 0 Å². The predicted octanol–water partition coefficient (Wildman–Crippen LogP) is 1.88. The molecule has 0 saturated carbocycles. The first-order chi connectivity index (χ1) is 12.0. The predicted molar refractivity (Wildman–Crippen MR) is 94.7 cm³/mol. The number of benzene rings is 2.